The highest BCUT2D eigenvalue weighted by Gasteiger charge is 2.38. The Hall–Kier alpha value is -2.04. The van der Waals surface area contributed by atoms with Crippen LogP contribution in [-0.4, -0.2) is 25.2 Å². The second-order valence-corrected chi connectivity index (χ2v) is 4.24. The third kappa shape index (κ3) is 1.54. The number of hydrogen-bond acceptors (Lipinski definition) is 5. The van der Waals surface area contributed by atoms with E-state index in [-0.39, 0.29) is 19.2 Å². The zero-order valence-electron chi connectivity index (χ0n) is 9.89. The molecule has 0 aromatic heterocycles. The average Bonchev–Trinajstić information content (AvgIpc) is 2.92. The van der Waals surface area contributed by atoms with Gasteiger partial charge in [-0.05, 0) is 31.0 Å². The van der Waals surface area contributed by atoms with Crippen LogP contribution in [0.1, 0.15) is 22.8 Å². The minimum absolute atomic E-state index is 0.174. The van der Waals surface area contributed by atoms with Gasteiger partial charge in [0, 0.05) is 5.56 Å². The Kier molecular flexibility index (Phi) is 2.47. The van der Waals surface area contributed by atoms with E-state index in [0.717, 1.165) is 5.56 Å². The molecule has 0 amide bonds. The van der Waals surface area contributed by atoms with Crippen LogP contribution in [0.5, 0.6) is 11.5 Å². The van der Waals surface area contributed by atoms with Crippen molar-refractivity contribution < 1.29 is 23.8 Å². The van der Waals surface area contributed by atoms with Crippen LogP contribution >= 0.6 is 0 Å². The number of Topliss-reactive ketones (excluding diaryl/α,β-unsaturated/α-hetero) is 1. The molecule has 0 unspecified atom stereocenters. The van der Waals surface area contributed by atoms with Gasteiger partial charge in [-0.2, -0.15) is 0 Å². The van der Waals surface area contributed by atoms with Crippen LogP contribution in [0.25, 0.3) is 0 Å². The zero-order chi connectivity index (χ0) is 12.7. The third-order valence-electron chi connectivity index (χ3n) is 3.18. The van der Waals surface area contributed by atoms with E-state index in [9.17, 15) is 9.59 Å². The number of hydrogen-bond donors (Lipinski definition) is 0. The molecule has 3 rings (SSSR count). The molecule has 1 atom stereocenters. The van der Waals surface area contributed by atoms with Gasteiger partial charge < -0.3 is 14.2 Å². The minimum Gasteiger partial charge on any atom is -0.465 e. The predicted octanol–water partition coefficient (Wildman–Crippen LogP) is 1.33. The van der Waals surface area contributed by atoms with Gasteiger partial charge in [0.15, 0.2) is 17.3 Å². The first kappa shape index (κ1) is 11.1. The molecule has 94 valence electrons. The zero-order valence-corrected chi connectivity index (χ0v) is 9.89. The van der Waals surface area contributed by atoms with E-state index in [1.165, 1.54) is 0 Å². The highest BCUT2D eigenvalue weighted by Crippen LogP contribution is 2.39. The molecule has 2 aliphatic rings. The van der Waals surface area contributed by atoms with Crippen molar-refractivity contribution in [3.05, 3.63) is 23.3 Å². The van der Waals surface area contributed by atoms with E-state index in [4.69, 9.17) is 14.2 Å². The Bertz CT molecular complexity index is 534. The topological polar surface area (TPSA) is 61.8 Å². The lowest BCUT2D eigenvalue weighted by molar-refractivity contribution is -0.145. The molecule has 0 saturated carbocycles. The summed E-state index contributed by atoms with van der Waals surface area (Å²) in [6.07, 6.45) is 0.379. The van der Waals surface area contributed by atoms with Gasteiger partial charge in [-0.3, -0.25) is 9.59 Å². The quantitative estimate of drug-likeness (QED) is 0.583. The minimum atomic E-state index is -0.720. The molecule has 0 radical (unpaired) electrons. The SMILES string of the molecule is CCOC(=O)[C@@H]1Cc2cc3c(cc2C1=O)OCO3. The summed E-state index contributed by atoms with van der Waals surface area (Å²) in [6, 6.07) is 3.42. The first-order valence-corrected chi connectivity index (χ1v) is 5.84. The smallest absolute Gasteiger partial charge is 0.317 e. The molecule has 5 heteroatoms. The molecule has 1 aliphatic heterocycles. The van der Waals surface area contributed by atoms with E-state index < -0.39 is 11.9 Å². The molecule has 5 nitrogen and oxygen atoms in total. The first-order valence-electron chi connectivity index (χ1n) is 5.84. The second-order valence-electron chi connectivity index (χ2n) is 4.24. The van der Waals surface area contributed by atoms with Gasteiger partial charge >= 0.3 is 5.97 Å². The summed E-state index contributed by atoms with van der Waals surface area (Å²) in [5.41, 5.74) is 1.36. The summed E-state index contributed by atoms with van der Waals surface area (Å²) in [6.45, 7) is 2.18. The Labute approximate surface area is 104 Å². The van der Waals surface area contributed by atoms with Crippen LogP contribution < -0.4 is 9.47 Å². The number of carbonyl (C=O) groups excluding carboxylic acids is 2. The van der Waals surface area contributed by atoms with Crippen LogP contribution in [0, 0.1) is 5.92 Å². The summed E-state index contributed by atoms with van der Waals surface area (Å²) in [4.78, 5) is 23.8. The first-order chi connectivity index (χ1) is 8.70. The third-order valence-corrected chi connectivity index (χ3v) is 3.18. The molecular formula is C13H12O5. The number of carbonyl (C=O) groups is 2. The van der Waals surface area contributed by atoms with Gasteiger partial charge in [0.05, 0.1) is 6.61 Å². The number of benzene rings is 1. The number of ether oxygens (including phenoxy) is 3. The maximum absolute atomic E-state index is 12.1. The van der Waals surface area contributed by atoms with Crippen molar-refractivity contribution in [2.45, 2.75) is 13.3 Å². The van der Waals surface area contributed by atoms with Crippen LogP contribution in [0.2, 0.25) is 0 Å². The lowest BCUT2D eigenvalue weighted by Gasteiger charge is -2.06. The van der Waals surface area contributed by atoms with Crippen molar-refractivity contribution >= 4 is 11.8 Å². The van der Waals surface area contributed by atoms with Gasteiger partial charge in [0.2, 0.25) is 6.79 Å². The maximum atomic E-state index is 12.1. The molecule has 1 aliphatic carbocycles. The Morgan fingerprint density at radius 1 is 1.39 bits per heavy atom. The molecule has 0 N–H and O–H groups in total. The van der Waals surface area contributed by atoms with Gasteiger partial charge in [-0.1, -0.05) is 0 Å². The van der Waals surface area contributed by atoms with Crippen molar-refractivity contribution in [3.8, 4) is 11.5 Å². The van der Waals surface area contributed by atoms with Crippen LogP contribution in [0.4, 0.5) is 0 Å². The van der Waals surface area contributed by atoms with Crippen molar-refractivity contribution in [1.82, 2.24) is 0 Å². The number of ketones is 1. The van der Waals surface area contributed by atoms with Crippen LogP contribution in [0.15, 0.2) is 12.1 Å². The molecule has 1 aromatic carbocycles. The van der Waals surface area contributed by atoms with E-state index in [1.807, 2.05) is 0 Å². The fraction of sp³-hybridized carbons (Fsp3) is 0.385. The van der Waals surface area contributed by atoms with Crippen LogP contribution in [0.3, 0.4) is 0 Å². The van der Waals surface area contributed by atoms with Crippen molar-refractivity contribution in [3.63, 3.8) is 0 Å². The fourth-order valence-electron chi connectivity index (χ4n) is 2.32. The van der Waals surface area contributed by atoms with Gasteiger partial charge in [0.1, 0.15) is 5.92 Å². The maximum Gasteiger partial charge on any atom is 0.317 e. The van der Waals surface area contributed by atoms with E-state index in [1.54, 1.807) is 19.1 Å². The Balaban J connectivity index is 1.93. The molecule has 0 saturated heterocycles. The number of esters is 1. The highest BCUT2D eigenvalue weighted by atomic mass is 16.7. The number of rotatable bonds is 2. The van der Waals surface area contributed by atoms with E-state index >= 15 is 0 Å². The number of fused-ring (bicyclic) bond motifs is 2. The molecule has 18 heavy (non-hydrogen) atoms. The lowest BCUT2D eigenvalue weighted by Crippen LogP contribution is -2.23. The van der Waals surface area contributed by atoms with Gasteiger partial charge in [0.25, 0.3) is 0 Å². The van der Waals surface area contributed by atoms with E-state index in [0.29, 0.717) is 23.5 Å². The Morgan fingerprint density at radius 3 is 2.83 bits per heavy atom. The average molecular weight is 248 g/mol. The van der Waals surface area contributed by atoms with Gasteiger partial charge in [-0.15, -0.1) is 0 Å². The standard InChI is InChI=1S/C13H12O5/c1-2-16-13(15)9-3-7-4-10-11(18-6-17-10)5-8(7)12(9)14/h4-5,9H,2-3,6H2,1H3/t9-/m1/s1. The second kappa shape index (κ2) is 4.01. The van der Waals surface area contributed by atoms with Crippen molar-refractivity contribution in [2.24, 2.45) is 5.92 Å². The fourth-order valence-corrected chi connectivity index (χ4v) is 2.32. The molecule has 0 bridgehead atoms. The summed E-state index contributed by atoms with van der Waals surface area (Å²) in [7, 11) is 0. The molecule has 1 aromatic rings. The lowest BCUT2D eigenvalue weighted by atomic mass is 10.1. The monoisotopic (exact) mass is 248 g/mol. The van der Waals surface area contributed by atoms with Gasteiger partial charge in [-0.25, -0.2) is 0 Å². The van der Waals surface area contributed by atoms with Crippen molar-refractivity contribution in [1.29, 1.82) is 0 Å². The predicted molar refractivity (Wildman–Crippen MR) is 60.7 cm³/mol. The summed E-state index contributed by atoms with van der Waals surface area (Å²) < 4.78 is 15.4. The Morgan fingerprint density at radius 2 is 2.11 bits per heavy atom. The molecule has 0 spiro atoms. The van der Waals surface area contributed by atoms with E-state index in [2.05, 4.69) is 0 Å². The summed E-state index contributed by atoms with van der Waals surface area (Å²) in [5, 5.41) is 0. The summed E-state index contributed by atoms with van der Waals surface area (Å²) >= 11 is 0. The normalized spacial score (nSPS) is 19.8. The van der Waals surface area contributed by atoms with Crippen LogP contribution in [-0.2, 0) is 16.0 Å². The highest BCUT2D eigenvalue weighted by molar-refractivity contribution is 6.12. The molecule has 0 fully saturated rings. The molecular weight excluding hydrogens is 236 g/mol. The largest absolute Gasteiger partial charge is 0.465 e. The summed E-state index contributed by atoms with van der Waals surface area (Å²) in [5.74, 6) is -0.178. The van der Waals surface area contributed by atoms with Crippen molar-refractivity contribution in [2.75, 3.05) is 13.4 Å². The molecule has 1 heterocycles.